The Balaban J connectivity index is 2.02. The Morgan fingerprint density at radius 1 is 1.21 bits per heavy atom. The zero-order valence-electron chi connectivity index (χ0n) is 8.00. The van der Waals surface area contributed by atoms with Crippen LogP contribution < -0.4 is 4.74 Å². The SMILES string of the molecule is Clc1ccc2c(c1)C1CCCCC1O2. The average Bonchev–Trinajstić information content (AvgIpc) is 2.56. The van der Waals surface area contributed by atoms with E-state index in [0.29, 0.717) is 12.0 Å². The topological polar surface area (TPSA) is 9.23 Å². The molecule has 0 amide bonds. The molecule has 1 aliphatic heterocycles. The zero-order valence-corrected chi connectivity index (χ0v) is 8.76. The molecule has 1 heterocycles. The van der Waals surface area contributed by atoms with Gasteiger partial charge in [-0.2, -0.15) is 0 Å². The number of hydrogen-bond acceptors (Lipinski definition) is 1. The molecule has 0 N–H and O–H groups in total. The lowest BCUT2D eigenvalue weighted by Crippen LogP contribution is -2.22. The zero-order chi connectivity index (χ0) is 9.54. The highest BCUT2D eigenvalue weighted by Crippen LogP contribution is 2.46. The van der Waals surface area contributed by atoms with Crippen LogP contribution in [-0.2, 0) is 0 Å². The van der Waals surface area contributed by atoms with Crippen LogP contribution in [-0.4, -0.2) is 6.10 Å². The van der Waals surface area contributed by atoms with Crippen molar-refractivity contribution in [3.05, 3.63) is 28.8 Å². The molecule has 0 bridgehead atoms. The van der Waals surface area contributed by atoms with Crippen LogP contribution in [0.1, 0.15) is 37.2 Å². The normalized spacial score (nSPS) is 29.2. The minimum Gasteiger partial charge on any atom is -0.489 e. The molecule has 2 atom stereocenters. The fraction of sp³-hybridized carbons (Fsp3) is 0.500. The van der Waals surface area contributed by atoms with E-state index in [9.17, 15) is 0 Å². The van der Waals surface area contributed by atoms with Crippen LogP contribution in [0.15, 0.2) is 18.2 Å². The number of ether oxygens (including phenoxy) is 1. The molecule has 2 aliphatic rings. The molecule has 14 heavy (non-hydrogen) atoms. The first-order valence-corrected chi connectivity index (χ1v) is 5.68. The molecule has 1 saturated carbocycles. The second kappa shape index (κ2) is 3.16. The van der Waals surface area contributed by atoms with Gasteiger partial charge in [-0.25, -0.2) is 0 Å². The van der Waals surface area contributed by atoms with Crippen molar-refractivity contribution < 1.29 is 4.74 Å². The van der Waals surface area contributed by atoms with Crippen molar-refractivity contribution in [1.29, 1.82) is 0 Å². The maximum absolute atomic E-state index is 6.00. The fourth-order valence-electron chi connectivity index (χ4n) is 2.67. The highest BCUT2D eigenvalue weighted by molar-refractivity contribution is 6.30. The van der Waals surface area contributed by atoms with Gasteiger partial charge in [0.25, 0.3) is 0 Å². The van der Waals surface area contributed by atoms with Crippen molar-refractivity contribution in [2.24, 2.45) is 0 Å². The van der Waals surface area contributed by atoms with E-state index in [4.69, 9.17) is 16.3 Å². The van der Waals surface area contributed by atoms with E-state index in [2.05, 4.69) is 6.07 Å². The Morgan fingerprint density at radius 3 is 3.00 bits per heavy atom. The molecule has 1 aromatic carbocycles. The number of rotatable bonds is 0. The molecule has 2 unspecified atom stereocenters. The van der Waals surface area contributed by atoms with Gasteiger partial charge in [0.05, 0.1) is 0 Å². The van der Waals surface area contributed by atoms with Crippen LogP contribution in [0.5, 0.6) is 5.75 Å². The molecule has 1 fully saturated rings. The maximum Gasteiger partial charge on any atom is 0.123 e. The van der Waals surface area contributed by atoms with Gasteiger partial charge in [0, 0.05) is 16.5 Å². The summed E-state index contributed by atoms with van der Waals surface area (Å²) < 4.78 is 5.91. The third kappa shape index (κ3) is 1.23. The minimum atomic E-state index is 0.428. The molecular weight excluding hydrogens is 196 g/mol. The van der Waals surface area contributed by atoms with Crippen molar-refractivity contribution in [2.45, 2.75) is 37.7 Å². The Morgan fingerprint density at radius 2 is 2.07 bits per heavy atom. The summed E-state index contributed by atoms with van der Waals surface area (Å²) in [5.74, 6) is 1.67. The molecule has 3 rings (SSSR count). The predicted octanol–water partition coefficient (Wildman–Crippen LogP) is 3.76. The van der Waals surface area contributed by atoms with Gasteiger partial charge < -0.3 is 4.74 Å². The summed E-state index contributed by atoms with van der Waals surface area (Å²) in [6.45, 7) is 0. The van der Waals surface area contributed by atoms with E-state index in [1.54, 1.807) is 0 Å². The molecule has 1 nitrogen and oxygen atoms in total. The summed E-state index contributed by atoms with van der Waals surface area (Å²) in [5.41, 5.74) is 1.34. The lowest BCUT2D eigenvalue weighted by molar-refractivity contribution is 0.164. The van der Waals surface area contributed by atoms with Crippen molar-refractivity contribution in [3.63, 3.8) is 0 Å². The summed E-state index contributed by atoms with van der Waals surface area (Å²) in [4.78, 5) is 0. The van der Waals surface area contributed by atoms with Gasteiger partial charge in [-0.1, -0.05) is 18.0 Å². The van der Waals surface area contributed by atoms with Crippen LogP contribution >= 0.6 is 11.6 Å². The first kappa shape index (κ1) is 8.60. The molecule has 0 saturated heterocycles. The Bertz CT molecular complexity index is 361. The van der Waals surface area contributed by atoms with Crippen LogP contribution in [0.25, 0.3) is 0 Å². The molecule has 1 aromatic rings. The van der Waals surface area contributed by atoms with E-state index in [0.717, 1.165) is 10.8 Å². The molecular formula is C12H13ClO. The lowest BCUT2D eigenvalue weighted by atomic mass is 9.83. The first-order chi connectivity index (χ1) is 6.84. The van der Waals surface area contributed by atoms with Gasteiger partial charge in [0.2, 0.25) is 0 Å². The smallest absolute Gasteiger partial charge is 0.123 e. The largest absolute Gasteiger partial charge is 0.489 e. The van der Waals surface area contributed by atoms with Crippen LogP contribution in [0.2, 0.25) is 5.02 Å². The highest BCUT2D eigenvalue weighted by Gasteiger charge is 2.35. The summed E-state index contributed by atoms with van der Waals surface area (Å²) in [7, 11) is 0. The molecule has 0 aromatic heterocycles. The van der Waals surface area contributed by atoms with Crippen molar-refractivity contribution in [2.75, 3.05) is 0 Å². The third-order valence-electron chi connectivity index (χ3n) is 3.35. The third-order valence-corrected chi connectivity index (χ3v) is 3.59. The Hall–Kier alpha value is -0.690. The van der Waals surface area contributed by atoms with Crippen molar-refractivity contribution in [3.8, 4) is 5.75 Å². The van der Waals surface area contributed by atoms with Crippen molar-refractivity contribution >= 4 is 11.6 Å². The number of benzene rings is 1. The van der Waals surface area contributed by atoms with E-state index < -0.39 is 0 Å². The molecule has 0 spiro atoms. The van der Waals surface area contributed by atoms with Gasteiger partial charge in [0.15, 0.2) is 0 Å². The van der Waals surface area contributed by atoms with Crippen molar-refractivity contribution in [1.82, 2.24) is 0 Å². The monoisotopic (exact) mass is 208 g/mol. The van der Waals surface area contributed by atoms with E-state index in [1.165, 1.54) is 31.2 Å². The summed E-state index contributed by atoms with van der Waals surface area (Å²) in [6, 6.07) is 6.00. The highest BCUT2D eigenvalue weighted by atomic mass is 35.5. The molecule has 2 heteroatoms. The van der Waals surface area contributed by atoms with Gasteiger partial charge >= 0.3 is 0 Å². The van der Waals surface area contributed by atoms with E-state index in [1.807, 2.05) is 12.1 Å². The summed E-state index contributed by atoms with van der Waals surface area (Å²) in [5, 5.41) is 0.832. The predicted molar refractivity (Wildman–Crippen MR) is 57.1 cm³/mol. The second-order valence-corrected chi connectivity index (χ2v) is 4.67. The Labute approximate surface area is 89.0 Å². The van der Waals surface area contributed by atoms with Gasteiger partial charge in [-0.15, -0.1) is 0 Å². The quantitative estimate of drug-likeness (QED) is 0.631. The molecule has 1 aliphatic carbocycles. The Kier molecular flexibility index (Phi) is 1.94. The number of hydrogen-bond donors (Lipinski definition) is 0. The van der Waals surface area contributed by atoms with Crippen LogP contribution in [0.3, 0.4) is 0 Å². The average molecular weight is 209 g/mol. The van der Waals surface area contributed by atoms with Crippen LogP contribution in [0, 0.1) is 0 Å². The first-order valence-electron chi connectivity index (χ1n) is 5.31. The van der Waals surface area contributed by atoms with E-state index >= 15 is 0 Å². The maximum atomic E-state index is 6.00. The number of fused-ring (bicyclic) bond motifs is 3. The second-order valence-electron chi connectivity index (χ2n) is 4.23. The van der Waals surface area contributed by atoms with Gasteiger partial charge in [0.1, 0.15) is 11.9 Å². The summed E-state index contributed by atoms with van der Waals surface area (Å²) >= 11 is 6.00. The number of halogens is 1. The fourth-order valence-corrected chi connectivity index (χ4v) is 2.85. The van der Waals surface area contributed by atoms with Gasteiger partial charge in [-0.3, -0.25) is 0 Å². The standard InChI is InChI=1S/C12H13ClO/c13-8-5-6-12-10(7-8)9-3-1-2-4-11(9)14-12/h5-7,9,11H,1-4H2. The molecule has 0 radical (unpaired) electrons. The molecule has 74 valence electrons. The lowest BCUT2D eigenvalue weighted by Gasteiger charge is -2.23. The summed E-state index contributed by atoms with van der Waals surface area (Å²) in [6.07, 6.45) is 5.53. The van der Waals surface area contributed by atoms with Gasteiger partial charge in [-0.05, 0) is 37.5 Å². The van der Waals surface area contributed by atoms with E-state index in [-0.39, 0.29) is 0 Å². The minimum absolute atomic E-state index is 0.428. The van der Waals surface area contributed by atoms with Crippen LogP contribution in [0.4, 0.5) is 0 Å².